The van der Waals surface area contributed by atoms with Crippen LogP contribution >= 0.6 is 0 Å². The predicted molar refractivity (Wildman–Crippen MR) is 101 cm³/mol. The first-order chi connectivity index (χ1) is 13.3. The van der Waals surface area contributed by atoms with Gasteiger partial charge in [-0.25, -0.2) is 0 Å². The second kappa shape index (κ2) is 8.32. The number of rotatable bonds is 5. The third-order valence-corrected chi connectivity index (χ3v) is 5.12. The van der Waals surface area contributed by atoms with Crippen molar-refractivity contribution < 1.29 is 23.1 Å². The number of anilines is 1. The molecule has 1 amide bonds. The molecule has 0 aromatic heterocycles. The van der Waals surface area contributed by atoms with Gasteiger partial charge in [0.15, 0.2) is 0 Å². The van der Waals surface area contributed by atoms with Crippen LogP contribution in [0.4, 0.5) is 18.9 Å². The average molecular weight is 392 g/mol. The van der Waals surface area contributed by atoms with Gasteiger partial charge in [0.2, 0.25) is 5.91 Å². The molecule has 0 spiro atoms. The third kappa shape index (κ3) is 5.11. The SMILES string of the molecule is O=C(CCN1CCC(O)(c2cccc(C(F)(F)F)c2)CC1)Nc1ccccc1. The summed E-state index contributed by atoms with van der Waals surface area (Å²) in [6, 6.07) is 14.1. The van der Waals surface area contributed by atoms with E-state index in [0.717, 1.165) is 17.8 Å². The first-order valence-corrected chi connectivity index (χ1v) is 9.24. The summed E-state index contributed by atoms with van der Waals surface area (Å²) < 4.78 is 38.8. The largest absolute Gasteiger partial charge is 0.416 e. The molecule has 0 atom stereocenters. The minimum absolute atomic E-state index is 0.0927. The van der Waals surface area contributed by atoms with Gasteiger partial charge in [0.25, 0.3) is 0 Å². The van der Waals surface area contributed by atoms with E-state index in [-0.39, 0.29) is 5.91 Å². The van der Waals surface area contributed by atoms with E-state index < -0.39 is 17.3 Å². The molecule has 1 saturated heterocycles. The molecule has 150 valence electrons. The van der Waals surface area contributed by atoms with Crippen LogP contribution in [0.1, 0.15) is 30.4 Å². The number of carbonyl (C=O) groups excluding carboxylic acids is 1. The van der Waals surface area contributed by atoms with E-state index in [4.69, 9.17) is 0 Å². The van der Waals surface area contributed by atoms with Crippen LogP contribution < -0.4 is 5.32 Å². The zero-order valence-corrected chi connectivity index (χ0v) is 15.4. The summed E-state index contributed by atoms with van der Waals surface area (Å²) in [7, 11) is 0. The van der Waals surface area contributed by atoms with E-state index in [0.29, 0.717) is 44.5 Å². The molecule has 1 aliphatic rings. The zero-order valence-electron chi connectivity index (χ0n) is 15.4. The molecule has 7 heteroatoms. The summed E-state index contributed by atoms with van der Waals surface area (Å²) in [6.07, 6.45) is -3.46. The van der Waals surface area contributed by atoms with E-state index in [1.54, 1.807) is 0 Å². The maximum Gasteiger partial charge on any atom is 0.416 e. The summed E-state index contributed by atoms with van der Waals surface area (Å²) >= 11 is 0. The van der Waals surface area contributed by atoms with Gasteiger partial charge in [0.05, 0.1) is 11.2 Å². The van der Waals surface area contributed by atoms with Crippen LogP contribution in [0.3, 0.4) is 0 Å². The highest BCUT2D eigenvalue weighted by molar-refractivity contribution is 5.90. The van der Waals surface area contributed by atoms with Gasteiger partial charge < -0.3 is 15.3 Å². The number of nitrogens with one attached hydrogen (secondary N) is 1. The summed E-state index contributed by atoms with van der Waals surface area (Å²) in [4.78, 5) is 14.1. The number of carbonyl (C=O) groups is 1. The molecule has 0 unspecified atom stereocenters. The Labute approximate surface area is 162 Å². The highest BCUT2D eigenvalue weighted by Crippen LogP contribution is 2.36. The van der Waals surface area contributed by atoms with Crippen LogP contribution in [0, 0.1) is 0 Å². The van der Waals surface area contributed by atoms with Gasteiger partial charge in [-0.3, -0.25) is 4.79 Å². The topological polar surface area (TPSA) is 52.6 Å². The Balaban J connectivity index is 1.52. The molecule has 1 fully saturated rings. The van der Waals surface area contributed by atoms with Crippen molar-refractivity contribution in [3.05, 3.63) is 65.7 Å². The predicted octanol–water partition coefficient (Wildman–Crippen LogP) is 4.02. The molecule has 0 radical (unpaired) electrons. The van der Waals surface area contributed by atoms with Gasteiger partial charge in [-0.05, 0) is 42.7 Å². The maximum absolute atomic E-state index is 12.9. The number of benzene rings is 2. The lowest BCUT2D eigenvalue weighted by Gasteiger charge is -2.38. The minimum Gasteiger partial charge on any atom is -0.385 e. The van der Waals surface area contributed by atoms with Crippen molar-refractivity contribution in [2.45, 2.75) is 31.0 Å². The Kier molecular flexibility index (Phi) is 6.05. The summed E-state index contributed by atoms with van der Waals surface area (Å²) in [6.45, 7) is 1.58. The fraction of sp³-hybridized carbons (Fsp3) is 0.381. The van der Waals surface area contributed by atoms with Crippen molar-refractivity contribution in [1.29, 1.82) is 0 Å². The summed E-state index contributed by atoms with van der Waals surface area (Å²) in [5.74, 6) is -0.0927. The van der Waals surface area contributed by atoms with Crippen LogP contribution in [0.25, 0.3) is 0 Å². The van der Waals surface area contributed by atoms with Crippen molar-refractivity contribution in [2.24, 2.45) is 0 Å². The number of halogens is 3. The molecule has 2 N–H and O–H groups in total. The number of likely N-dealkylation sites (tertiary alicyclic amines) is 1. The van der Waals surface area contributed by atoms with Crippen LogP contribution in [0.2, 0.25) is 0 Å². The summed E-state index contributed by atoms with van der Waals surface area (Å²) in [5.41, 5.74) is -0.989. The molecule has 0 saturated carbocycles. The van der Waals surface area contributed by atoms with Crippen LogP contribution in [0.5, 0.6) is 0 Å². The molecule has 4 nitrogen and oxygen atoms in total. The van der Waals surface area contributed by atoms with Gasteiger partial charge in [-0.1, -0.05) is 30.3 Å². The number of aliphatic hydroxyl groups is 1. The smallest absolute Gasteiger partial charge is 0.385 e. The Bertz CT molecular complexity index is 801. The molecule has 2 aromatic rings. The van der Waals surface area contributed by atoms with Gasteiger partial charge >= 0.3 is 6.18 Å². The molecular formula is C21H23F3N2O2. The van der Waals surface area contributed by atoms with Crippen LogP contribution in [-0.2, 0) is 16.6 Å². The van der Waals surface area contributed by atoms with Crippen molar-refractivity contribution in [2.75, 3.05) is 25.0 Å². The maximum atomic E-state index is 12.9. The molecular weight excluding hydrogens is 369 g/mol. The Hall–Kier alpha value is -2.38. The van der Waals surface area contributed by atoms with Crippen LogP contribution in [-0.4, -0.2) is 35.5 Å². The highest BCUT2D eigenvalue weighted by Gasteiger charge is 2.37. The fourth-order valence-electron chi connectivity index (χ4n) is 3.42. The molecule has 3 rings (SSSR count). The van der Waals surface area contributed by atoms with Crippen molar-refractivity contribution in [3.63, 3.8) is 0 Å². The number of nitrogens with zero attached hydrogens (tertiary/aromatic N) is 1. The standard InChI is InChI=1S/C21H23F3N2O2/c22-21(23,24)17-6-4-5-16(15-17)20(28)10-13-26(14-11-20)12-9-19(27)25-18-7-2-1-3-8-18/h1-8,15,28H,9-14H2,(H,25,27). The Morgan fingerprint density at radius 2 is 1.75 bits per heavy atom. The second-order valence-corrected chi connectivity index (χ2v) is 7.12. The Morgan fingerprint density at radius 1 is 1.07 bits per heavy atom. The normalized spacial score (nSPS) is 17.3. The number of para-hydroxylation sites is 1. The van der Waals surface area contributed by atoms with Gasteiger partial charge in [-0.2, -0.15) is 13.2 Å². The van der Waals surface area contributed by atoms with Crippen LogP contribution in [0.15, 0.2) is 54.6 Å². The average Bonchev–Trinajstić information content (AvgIpc) is 2.68. The lowest BCUT2D eigenvalue weighted by atomic mass is 9.83. The number of piperidine rings is 1. The van der Waals surface area contributed by atoms with Gasteiger partial charge in [-0.15, -0.1) is 0 Å². The fourth-order valence-corrected chi connectivity index (χ4v) is 3.42. The lowest BCUT2D eigenvalue weighted by molar-refractivity contribution is -0.137. The first-order valence-electron chi connectivity index (χ1n) is 9.24. The van der Waals surface area contributed by atoms with E-state index in [9.17, 15) is 23.1 Å². The van der Waals surface area contributed by atoms with E-state index in [1.165, 1.54) is 12.1 Å². The van der Waals surface area contributed by atoms with Crippen molar-refractivity contribution in [3.8, 4) is 0 Å². The Morgan fingerprint density at radius 3 is 2.39 bits per heavy atom. The number of amides is 1. The number of hydrogen-bond acceptors (Lipinski definition) is 3. The van der Waals surface area contributed by atoms with E-state index in [1.807, 2.05) is 35.2 Å². The molecule has 28 heavy (non-hydrogen) atoms. The quantitative estimate of drug-likeness (QED) is 0.808. The third-order valence-electron chi connectivity index (χ3n) is 5.12. The molecule has 2 aromatic carbocycles. The molecule has 1 aliphatic heterocycles. The van der Waals surface area contributed by atoms with E-state index in [2.05, 4.69) is 5.32 Å². The summed E-state index contributed by atoms with van der Waals surface area (Å²) in [5, 5.41) is 13.7. The monoisotopic (exact) mass is 392 g/mol. The van der Waals surface area contributed by atoms with Gasteiger partial charge in [0.1, 0.15) is 0 Å². The minimum atomic E-state index is -4.43. The number of alkyl halides is 3. The highest BCUT2D eigenvalue weighted by atomic mass is 19.4. The zero-order chi connectivity index (χ0) is 20.2. The number of hydrogen-bond donors (Lipinski definition) is 2. The lowest BCUT2D eigenvalue weighted by Crippen LogP contribution is -2.43. The van der Waals surface area contributed by atoms with Gasteiger partial charge in [0, 0.05) is 31.7 Å². The first kappa shape index (κ1) is 20.4. The van der Waals surface area contributed by atoms with Crippen molar-refractivity contribution >= 4 is 11.6 Å². The van der Waals surface area contributed by atoms with Crippen molar-refractivity contribution in [1.82, 2.24) is 4.90 Å². The molecule has 0 bridgehead atoms. The molecule has 0 aliphatic carbocycles. The molecule has 1 heterocycles. The van der Waals surface area contributed by atoms with E-state index >= 15 is 0 Å². The second-order valence-electron chi connectivity index (χ2n) is 7.12.